The molecule has 0 radical (unpaired) electrons. The third-order valence-corrected chi connectivity index (χ3v) is 5.83. The Hall–Kier alpha value is -3.60. The maximum absolute atomic E-state index is 13.3. The summed E-state index contributed by atoms with van der Waals surface area (Å²) in [4.78, 5) is 41.1. The van der Waals surface area contributed by atoms with Crippen molar-refractivity contribution in [1.82, 2.24) is 9.66 Å². The van der Waals surface area contributed by atoms with Crippen LogP contribution in [0.15, 0.2) is 50.8 Å². The van der Waals surface area contributed by atoms with E-state index in [1.807, 2.05) is 13.8 Å². The van der Waals surface area contributed by atoms with Crippen LogP contribution in [-0.2, 0) is 9.53 Å². The van der Waals surface area contributed by atoms with Gasteiger partial charge in [-0.3, -0.25) is 14.9 Å². The average Bonchev–Trinajstić information content (AvgIpc) is 2.83. The molecule has 0 saturated carbocycles. The molecule has 3 aromatic rings. The van der Waals surface area contributed by atoms with Crippen molar-refractivity contribution < 1.29 is 19.2 Å². The number of hydrogen-bond acceptors (Lipinski definition) is 8. The monoisotopic (exact) mass is 544 g/mol. The second kappa shape index (κ2) is 11.2. The summed E-state index contributed by atoms with van der Waals surface area (Å²) in [6, 6.07) is 9.50. The predicted octanol–water partition coefficient (Wildman–Crippen LogP) is 4.79. The zero-order valence-corrected chi connectivity index (χ0v) is 21.3. The fourth-order valence-corrected chi connectivity index (χ4v) is 3.66. The zero-order valence-electron chi connectivity index (χ0n) is 19.7. The highest BCUT2D eigenvalue weighted by atomic mass is 79.9. The highest BCUT2D eigenvalue weighted by Gasteiger charge is 2.24. The smallest absolute Gasteiger partial charge is 0.347 e. The van der Waals surface area contributed by atoms with Gasteiger partial charge in [-0.25, -0.2) is 9.78 Å². The normalized spacial score (nSPS) is 13.1. The number of aromatic nitrogens is 2. The Balaban J connectivity index is 2.16. The van der Waals surface area contributed by atoms with Crippen molar-refractivity contribution >= 4 is 44.7 Å². The number of nitrogens with zero attached hydrogens (tertiary/aromatic N) is 4. The molecule has 0 aliphatic heterocycles. The standard InChI is InChI=1S/C24H25BrN4O6/c1-5-14(3)22-27-19-11-10-17(25)12-18(19)23(30)28(22)26-13-16-8-7-9-20(29(32)33)21(16)35-15(4)24(31)34-6-2/h7-15H,5-6H2,1-4H3/t14-,15-/m1/s1. The van der Waals surface area contributed by atoms with Gasteiger partial charge in [-0.15, -0.1) is 0 Å². The van der Waals surface area contributed by atoms with Crippen LogP contribution in [0.5, 0.6) is 5.75 Å². The van der Waals surface area contributed by atoms with Gasteiger partial charge in [0.2, 0.25) is 5.75 Å². The molecule has 0 amide bonds. The van der Waals surface area contributed by atoms with Gasteiger partial charge >= 0.3 is 11.7 Å². The van der Waals surface area contributed by atoms with Gasteiger partial charge in [-0.2, -0.15) is 9.78 Å². The number of hydrogen-bond donors (Lipinski definition) is 0. The lowest BCUT2D eigenvalue weighted by Crippen LogP contribution is -2.27. The van der Waals surface area contributed by atoms with Crippen LogP contribution in [0.4, 0.5) is 5.69 Å². The van der Waals surface area contributed by atoms with E-state index < -0.39 is 17.0 Å². The van der Waals surface area contributed by atoms with E-state index in [2.05, 4.69) is 26.0 Å². The minimum atomic E-state index is -1.10. The molecule has 0 unspecified atom stereocenters. The number of rotatable bonds is 9. The first-order valence-corrected chi connectivity index (χ1v) is 11.8. The fraction of sp³-hybridized carbons (Fsp3) is 0.333. The summed E-state index contributed by atoms with van der Waals surface area (Å²) < 4.78 is 12.5. The summed E-state index contributed by atoms with van der Waals surface area (Å²) in [5.74, 6) is -0.446. The summed E-state index contributed by atoms with van der Waals surface area (Å²) in [6.07, 6.45) is 0.909. The van der Waals surface area contributed by atoms with Crippen molar-refractivity contribution in [1.29, 1.82) is 0 Å². The lowest BCUT2D eigenvalue weighted by Gasteiger charge is -2.16. The quantitative estimate of drug-likeness (QED) is 0.164. The highest BCUT2D eigenvalue weighted by Crippen LogP contribution is 2.31. The molecule has 0 spiro atoms. The van der Waals surface area contributed by atoms with Crippen LogP contribution in [0, 0.1) is 10.1 Å². The second-order valence-corrected chi connectivity index (χ2v) is 8.68. The van der Waals surface area contributed by atoms with E-state index >= 15 is 0 Å². The van der Waals surface area contributed by atoms with E-state index in [-0.39, 0.29) is 35.1 Å². The molecular formula is C24H25BrN4O6. The molecule has 1 aromatic heterocycles. The Labute approximate surface area is 209 Å². The van der Waals surface area contributed by atoms with Crippen molar-refractivity contribution in [3.05, 3.63) is 72.7 Å². The molecule has 184 valence electrons. The molecule has 3 rings (SSSR count). The number of ether oxygens (including phenoxy) is 2. The molecule has 10 nitrogen and oxygen atoms in total. The van der Waals surface area contributed by atoms with E-state index in [0.717, 1.165) is 4.47 Å². The molecule has 0 aliphatic carbocycles. The van der Waals surface area contributed by atoms with Crippen molar-refractivity contribution in [3.8, 4) is 5.75 Å². The van der Waals surface area contributed by atoms with E-state index in [1.165, 1.54) is 29.9 Å². The maximum Gasteiger partial charge on any atom is 0.347 e. The van der Waals surface area contributed by atoms with Gasteiger partial charge in [0.25, 0.3) is 5.56 Å². The van der Waals surface area contributed by atoms with E-state index in [4.69, 9.17) is 9.47 Å². The molecule has 0 N–H and O–H groups in total. The highest BCUT2D eigenvalue weighted by molar-refractivity contribution is 9.10. The first-order chi connectivity index (χ1) is 16.7. The first-order valence-electron chi connectivity index (χ1n) is 11.0. The third kappa shape index (κ3) is 5.73. The predicted molar refractivity (Wildman–Crippen MR) is 135 cm³/mol. The Bertz CT molecular complexity index is 1350. The zero-order chi connectivity index (χ0) is 25.7. The maximum atomic E-state index is 13.3. The molecule has 2 aromatic carbocycles. The SMILES string of the molecule is CCOC(=O)[C@@H](C)Oc1c(C=Nn2c([C@H](C)CC)nc3ccc(Br)cc3c2=O)cccc1[N+](=O)[O-]. The van der Waals surface area contributed by atoms with Crippen LogP contribution >= 0.6 is 15.9 Å². The number of fused-ring (bicyclic) bond motifs is 1. The molecular weight excluding hydrogens is 520 g/mol. The average molecular weight is 545 g/mol. The number of nitro groups is 1. The van der Waals surface area contributed by atoms with Gasteiger partial charge in [0.05, 0.1) is 28.6 Å². The summed E-state index contributed by atoms with van der Waals surface area (Å²) in [5, 5.41) is 16.4. The summed E-state index contributed by atoms with van der Waals surface area (Å²) in [6.45, 7) is 7.13. The van der Waals surface area contributed by atoms with Gasteiger partial charge in [0.15, 0.2) is 6.10 Å². The van der Waals surface area contributed by atoms with Gasteiger partial charge in [-0.1, -0.05) is 35.8 Å². The lowest BCUT2D eigenvalue weighted by atomic mass is 10.1. The van der Waals surface area contributed by atoms with Gasteiger partial charge in [0, 0.05) is 22.0 Å². The number of esters is 1. The molecule has 35 heavy (non-hydrogen) atoms. The van der Waals surface area contributed by atoms with Crippen LogP contribution in [0.2, 0.25) is 0 Å². The Morgan fingerprint density at radius 3 is 2.69 bits per heavy atom. The Kier molecular flexibility index (Phi) is 8.34. The Morgan fingerprint density at radius 1 is 1.29 bits per heavy atom. The summed E-state index contributed by atoms with van der Waals surface area (Å²) in [7, 11) is 0. The summed E-state index contributed by atoms with van der Waals surface area (Å²) >= 11 is 3.37. The summed E-state index contributed by atoms with van der Waals surface area (Å²) in [5.41, 5.74) is 0.0325. The van der Waals surface area contributed by atoms with Crippen molar-refractivity contribution in [2.75, 3.05) is 6.61 Å². The number of nitro benzene ring substituents is 1. The van der Waals surface area contributed by atoms with Crippen molar-refractivity contribution in [2.24, 2.45) is 5.10 Å². The number of carbonyl (C=O) groups excluding carboxylic acids is 1. The Morgan fingerprint density at radius 2 is 2.03 bits per heavy atom. The minimum Gasteiger partial charge on any atom is -0.471 e. The number of halogens is 1. The van der Waals surface area contributed by atoms with E-state index in [1.54, 1.807) is 31.2 Å². The van der Waals surface area contributed by atoms with Crippen LogP contribution in [0.3, 0.4) is 0 Å². The molecule has 0 fully saturated rings. The second-order valence-electron chi connectivity index (χ2n) is 7.77. The van der Waals surface area contributed by atoms with Crippen LogP contribution in [-0.4, -0.2) is 39.5 Å². The molecule has 11 heteroatoms. The first kappa shape index (κ1) is 26.0. The minimum absolute atomic E-state index is 0.0856. The molecule has 0 saturated heterocycles. The van der Waals surface area contributed by atoms with Gasteiger partial charge in [-0.05, 0) is 44.5 Å². The molecule has 0 bridgehead atoms. The van der Waals surface area contributed by atoms with E-state index in [0.29, 0.717) is 23.1 Å². The number of benzene rings is 2. The van der Waals surface area contributed by atoms with Crippen LogP contribution in [0.1, 0.15) is 51.4 Å². The van der Waals surface area contributed by atoms with Crippen molar-refractivity contribution in [2.45, 2.75) is 46.1 Å². The molecule has 0 aliphatic rings. The topological polar surface area (TPSA) is 126 Å². The number of para-hydroxylation sites is 1. The van der Waals surface area contributed by atoms with Gasteiger partial charge < -0.3 is 9.47 Å². The number of carbonyl (C=O) groups is 1. The van der Waals surface area contributed by atoms with Crippen molar-refractivity contribution in [3.63, 3.8) is 0 Å². The fourth-order valence-electron chi connectivity index (χ4n) is 3.30. The van der Waals surface area contributed by atoms with E-state index in [9.17, 15) is 19.7 Å². The molecule has 2 atom stereocenters. The van der Waals surface area contributed by atoms with Crippen LogP contribution in [0.25, 0.3) is 10.9 Å². The lowest BCUT2D eigenvalue weighted by molar-refractivity contribution is -0.386. The van der Waals surface area contributed by atoms with Gasteiger partial charge in [0.1, 0.15) is 5.82 Å². The van der Waals surface area contributed by atoms with Crippen LogP contribution < -0.4 is 10.3 Å². The molecule has 1 heterocycles. The third-order valence-electron chi connectivity index (χ3n) is 5.33. The largest absolute Gasteiger partial charge is 0.471 e.